The Labute approximate surface area is 112 Å². The van der Waals surface area contributed by atoms with Crippen molar-refractivity contribution in [2.45, 2.75) is 38.4 Å². The Bertz CT molecular complexity index is 484. The van der Waals surface area contributed by atoms with E-state index in [0.717, 1.165) is 0 Å². The second-order valence-electron chi connectivity index (χ2n) is 4.03. The van der Waals surface area contributed by atoms with Crippen molar-refractivity contribution in [2.24, 2.45) is 0 Å². The van der Waals surface area contributed by atoms with E-state index >= 15 is 0 Å². The van der Waals surface area contributed by atoms with Crippen LogP contribution in [0, 0.1) is 0 Å². The molecule has 1 heterocycles. The summed E-state index contributed by atoms with van der Waals surface area (Å²) in [4.78, 5) is 25.7. The number of halogens is 3. The maximum Gasteiger partial charge on any atom is 0.452 e. The second-order valence-corrected chi connectivity index (χ2v) is 4.03. The first-order chi connectivity index (χ1) is 9.27. The van der Waals surface area contributed by atoms with Crippen LogP contribution in [-0.2, 0) is 11.0 Å². The van der Waals surface area contributed by atoms with Gasteiger partial charge < -0.3 is 14.8 Å². The van der Waals surface area contributed by atoms with Gasteiger partial charge in [-0.2, -0.15) is 13.2 Å². The Morgan fingerprint density at radius 3 is 2.65 bits per heavy atom. The summed E-state index contributed by atoms with van der Waals surface area (Å²) in [6.45, 7) is 1.82. The summed E-state index contributed by atoms with van der Waals surface area (Å²) < 4.78 is 41.7. The summed E-state index contributed by atoms with van der Waals surface area (Å²) in [7, 11) is 0. The number of amides is 1. The molecule has 1 atom stereocenters. The third-order valence-corrected chi connectivity index (χ3v) is 2.49. The molecular formula is C11H13F3N2O4. The topological polar surface area (TPSA) is 92.4 Å². The van der Waals surface area contributed by atoms with Gasteiger partial charge in [-0.05, 0) is 6.42 Å². The van der Waals surface area contributed by atoms with Crippen molar-refractivity contribution in [2.75, 3.05) is 0 Å². The van der Waals surface area contributed by atoms with Crippen LogP contribution < -0.4 is 5.32 Å². The molecule has 1 aromatic heterocycles. The highest BCUT2D eigenvalue weighted by Gasteiger charge is 2.41. The first-order valence-corrected chi connectivity index (χ1v) is 5.81. The van der Waals surface area contributed by atoms with E-state index in [4.69, 9.17) is 5.11 Å². The number of aliphatic carboxylic acids is 1. The SMILES string of the molecule is CCCC[C@H](NC(=O)c1ncoc1C(F)(F)F)C(=O)O. The zero-order valence-corrected chi connectivity index (χ0v) is 10.5. The average Bonchev–Trinajstić information content (AvgIpc) is 2.82. The summed E-state index contributed by atoms with van der Waals surface area (Å²) in [5, 5.41) is 10.9. The van der Waals surface area contributed by atoms with Gasteiger partial charge in [0.15, 0.2) is 12.1 Å². The first kappa shape index (κ1) is 16.0. The molecule has 0 aliphatic rings. The lowest BCUT2D eigenvalue weighted by Crippen LogP contribution is -2.41. The number of nitrogens with one attached hydrogen (secondary N) is 1. The van der Waals surface area contributed by atoms with Crippen molar-refractivity contribution < 1.29 is 32.3 Å². The van der Waals surface area contributed by atoms with Crippen molar-refractivity contribution in [3.05, 3.63) is 17.8 Å². The molecule has 9 heteroatoms. The third kappa shape index (κ3) is 3.97. The van der Waals surface area contributed by atoms with E-state index in [1.54, 1.807) is 0 Å². The number of carboxylic acid groups (broad SMARTS) is 1. The molecule has 0 aromatic carbocycles. The number of hydrogen-bond acceptors (Lipinski definition) is 4. The van der Waals surface area contributed by atoms with Gasteiger partial charge >= 0.3 is 12.1 Å². The van der Waals surface area contributed by atoms with E-state index < -0.39 is 35.5 Å². The lowest BCUT2D eigenvalue weighted by Gasteiger charge is -2.13. The molecule has 0 spiro atoms. The molecule has 1 rings (SSSR count). The minimum atomic E-state index is -4.87. The van der Waals surface area contributed by atoms with Crippen LogP contribution in [-0.4, -0.2) is 28.0 Å². The predicted octanol–water partition coefficient (Wildman–Crippen LogP) is 2.07. The van der Waals surface area contributed by atoms with E-state index in [-0.39, 0.29) is 6.42 Å². The molecule has 0 saturated heterocycles. The van der Waals surface area contributed by atoms with Crippen LogP contribution in [0.5, 0.6) is 0 Å². The fourth-order valence-electron chi connectivity index (χ4n) is 1.50. The zero-order valence-electron chi connectivity index (χ0n) is 10.5. The summed E-state index contributed by atoms with van der Waals surface area (Å²) in [5.74, 6) is -4.09. The van der Waals surface area contributed by atoms with Crippen LogP contribution in [0.1, 0.15) is 42.4 Å². The number of hydrogen-bond donors (Lipinski definition) is 2. The smallest absolute Gasteiger partial charge is 0.452 e. The number of alkyl halides is 3. The maximum absolute atomic E-state index is 12.5. The molecule has 0 radical (unpaired) electrons. The molecule has 0 bridgehead atoms. The van der Waals surface area contributed by atoms with E-state index in [1.807, 2.05) is 12.2 Å². The van der Waals surface area contributed by atoms with Crippen molar-refractivity contribution in [1.29, 1.82) is 0 Å². The highest BCUT2D eigenvalue weighted by molar-refractivity contribution is 5.95. The highest BCUT2D eigenvalue weighted by atomic mass is 19.4. The predicted molar refractivity (Wildman–Crippen MR) is 59.9 cm³/mol. The van der Waals surface area contributed by atoms with Crippen LogP contribution in [0.4, 0.5) is 13.2 Å². The maximum atomic E-state index is 12.5. The molecular weight excluding hydrogens is 281 g/mol. The molecule has 0 fully saturated rings. The van der Waals surface area contributed by atoms with Gasteiger partial charge in [0.2, 0.25) is 5.76 Å². The standard InChI is InChI=1S/C11H13F3N2O4/c1-2-3-4-6(10(18)19)16-9(17)7-8(11(12,13)14)20-5-15-7/h5-6H,2-4H2,1H3,(H,16,17)(H,18,19)/t6-/m0/s1. The van der Waals surface area contributed by atoms with Crippen molar-refractivity contribution in [3.63, 3.8) is 0 Å². The quantitative estimate of drug-likeness (QED) is 0.837. The fraction of sp³-hybridized carbons (Fsp3) is 0.545. The normalized spacial score (nSPS) is 13.0. The number of aromatic nitrogens is 1. The molecule has 2 N–H and O–H groups in total. The van der Waals surface area contributed by atoms with Gasteiger partial charge in [-0.15, -0.1) is 0 Å². The van der Waals surface area contributed by atoms with Gasteiger partial charge in [-0.3, -0.25) is 4.79 Å². The first-order valence-electron chi connectivity index (χ1n) is 5.81. The number of carboxylic acids is 1. The Kier molecular flexibility index (Phi) is 5.12. The molecule has 0 saturated carbocycles. The monoisotopic (exact) mass is 294 g/mol. The van der Waals surface area contributed by atoms with Crippen LogP contribution >= 0.6 is 0 Å². The summed E-state index contributed by atoms with van der Waals surface area (Å²) in [6.07, 6.45) is -3.05. The van der Waals surface area contributed by atoms with Gasteiger partial charge in [-0.25, -0.2) is 9.78 Å². The molecule has 1 amide bonds. The Balaban J connectivity index is 2.85. The van der Waals surface area contributed by atoms with E-state index in [9.17, 15) is 22.8 Å². The van der Waals surface area contributed by atoms with E-state index in [0.29, 0.717) is 19.2 Å². The molecule has 20 heavy (non-hydrogen) atoms. The molecule has 0 aliphatic heterocycles. The van der Waals surface area contributed by atoms with Crippen LogP contribution in [0.15, 0.2) is 10.8 Å². The van der Waals surface area contributed by atoms with Gasteiger partial charge in [-0.1, -0.05) is 19.8 Å². The Morgan fingerprint density at radius 2 is 2.15 bits per heavy atom. The number of carbonyl (C=O) groups excluding carboxylic acids is 1. The van der Waals surface area contributed by atoms with Crippen LogP contribution in [0.25, 0.3) is 0 Å². The number of nitrogens with zero attached hydrogens (tertiary/aromatic N) is 1. The van der Waals surface area contributed by atoms with Gasteiger partial charge in [0.25, 0.3) is 5.91 Å². The Morgan fingerprint density at radius 1 is 1.50 bits per heavy atom. The fourth-order valence-corrected chi connectivity index (χ4v) is 1.50. The highest BCUT2D eigenvalue weighted by Crippen LogP contribution is 2.31. The van der Waals surface area contributed by atoms with Gasteiger partial charge in [0.1, 0.15) is 6.04 Å². The van der Waals surface area contributed by atoms with Crippen molar-refractivity contribution >= 4 is 11.9 Å². The number of carbonyl (C=O) groups is 2. The van der Waals surface area contributed by atoms with Crippen LogP contribution in [0.3, 0.4) is 0 Å². The molecule has 6 nitrogen and oxygen atoms in total. The number of unbranched alkanes of at least 4 members (excludes halogenated alkanes) is 1. The average molecular weight is 294 g/mol. The van der Waals surface area contributed by atoms with E-state index in [2.05, 4.69) is 9.40 Å². The molecule has 1 aromatic rings. The van der Waals surface area contributed by atoms with Crippen molar-refractivity contribution in [1.82, 2.24) is 10.3 Å². The molecule has 0 aliphatic carbocycles. The summed E-state index contributed by atoms with van der Waals surface area (Å²) in [5.41, 5.74) is -0.972. The minimum Gasteiger partial charge on any atom is -0.480 e. The second kappa shape index (κ2) is 6.40. The number of rotatable bonds is 6. The third-order valence-electron chi connectivity index (χ3n) is 2.49. The lowest BCUT2D eigenvalue weighted by atomic mass is 10.1. The summed E-state index contributed by atoms with van der Waals surface area (Å²) in [6, 6.07) is -1.26. The van der Waals surface area contributed by atoms with Crippen molar-refractivity contribution in [3.8, 4) is 0 Å². The summed E-state index contributed by atoms with van der Waals surface area (Å²) >= 11 is 0. The van der Waals surface area contributed by atoms with Gasteiger partial charge in [0.05, 0.1) is 0 Å². The van der Waals surface area contributed by atoms with E-state index in [1.165, 1.54) is 0 Å². The molecule has 0 unspecified atom stereocenters. The lowest BCUT2D eigenvalue weighted by molar-refractivity contribution is -0.153. The largest absolute Gasteiger partial charge is 0.480 e. The van der Waals surface area contributed by atoms with Crippen LogP contribution in [0.2, 0.25) is 0 Å². The molecule has 112 valence electrons. The Hall–Kier alpha value is -2.06. The van der Waals surface area contributed by atoms with Gasteiger partial charge in [0, 0.05) is 0 Å². The zero-order chi connectivity index (χ0) is 15.3. The number of oxazole rings is 1. The minimum absolute atomic E-state index is 0.122.